The van der Waals surface area contributed by atoms with Gasteiger partial charge in [-0.3, -0.25) is 4.79 Å². The smallest absolute Gasteiger partial charge is 0.410 e. The Hall–Kier alpha value is -4.07. The lowest BCUT2D eigenvalue weighted by atomic mass is 9.95. The topological polar surface area (TPSA) is 88.2 Å². The summed E-state index contributed by atoms with van der Waals surface area (Å²) in [6.45, 7) is 11.3. The molecule has 45 heavy (non-hydrogen) atoms. The molecule has 1 aliphatic rings. The number of carbonyl (C=O) groups is 3. The van der Waals surface area contributed by atoms with Crippen molar-refractivity contribution >= 4 is 28.9 Å². The minimum absolute atomic E-state index is 0.0739. The zero-order chi connectivity index (χ0) is 32.4. The highest BCUT2D eigenvalue weighted by molar-refractivity contribution is 5.85. The first-order chi connectivity index (χ1) is 21.5. The lowest BCUT2D eigenvalue weighted by Crippen LogP contribution is -2.61. The van der Waals surface area contributed by atoms with Crippen LogP contribution in [0.2, 0.25) is 0 Å². The largest absolute Gasteiger partial charge is 0.445 e. The van der Waals surface area contributed by atoms with Crippen LogP contribution in [0, 0.1) is 5.92 Å². The molecule has 3 aromatic carbocycles. The fourth-order valence-electron chi connectivity index (χ4n) is 5.91. The first-order valence-corrected chi connectivity index (χ1v) is 16.2. The van der Waals surface area contributed by atoms with Crippen molar-refractivity contribution in [1.29, 1.82) is 0 Å². The van der Waals surface area contributed by atoms with Gasteiger partial charge in [-0.1, -0.05) is 86.6 Å². The molecule has 0 aromatic heterocycles. The molecule has 4 rings (SSSR count). The lowest BCUT2D eigenvalue weighted by molar-refractivity contribution is -0.137. The molecule has 0 bridgehead atoms. The number of hydrogen-bond donors (Lipinski definition) is 1. The van der Waals surface area contributed by atoms with Crippen LogP contribution in [-0.4, -0.2) is 65.2 Å². The predicted octanol–water partition coefficient (Wildman–Crippen LogP) is 7.34. The van der Waals surface area contributed by atoms with Crippen LogP contribution in [-0.2, 0) is 27.3 Å². The summed E-state index contributed by atoms with van der Waals surface area (Å²) in [6, 6.07) is 23.7. The van der Waals surface area contributed by atoms with Gasteiger partial charge >= 0.3 is 12.2 Å². The van der Waals surface area contributed by atoms with Crippen molar-refractivity contribution in [3.8, 4) is 0 Å². The molecule has 8 nitrogen and oxygen atoms in total. The predicted molar refractivity (Wildman–Crippen MR) is 178 cm³/mol. The van der Waals surface area contributed by atoms with Crippen molar-refractivity contribution in [3.05, 3.63) is 83.9 Å². The quantitative estimate of drug-likeness (QED) is 0.228. The summed E-state index contributed by atoms with van der Waals surface area (Å²) in [7, 11) is 0. The minimum atomic E-state index is -0.553. The number of alkyl carbamates (subject to hydrolysis) is 1. The van der Waals surface area contributed by atoms with Gasteiger partial charge in [0.1, 0.15) is 12.2 Å². The maximum atomic E-state index is 13.9. The molecule has 1 aliphatic heterocycles. The van der Waals surface area contributed by atoms with Gasteiger partial charge in [0.05, 0.1) is 12.5 Å². The Morgan fingerprint density at radius 2 is 1.53 bits per heavy atom. The van der Waals surface area contributed by atoms with Crippen LogP contribution in [0.5, 0.6) is 0 Å². The third-order valence-electron chi connectivity index (χ3n) is 8.00. The van der Waals surface area contributed by atoms with E-state index in [0.29, 0.717) is 38.4 Å². The van der Waals surface area contributed by atoms with Crippen molar-refractivity contribution in [2.75, 3.05) is 19.6 Å². The molecule has 0 aliphatic carbocycles. The summed E-state index contributed by atoms with van der Waals surface area (Å²) in [5, 5.41) is 5.08. The molecule has 0 saturated carbocycles. The second kappa shape index (κ2) is 15.8. The summed E-state index contributed by atoms with van der Waals surface area (Å²) in [5.41, 5.74) is 1.36. The molecule has 2 atom stereocenters. The number of rotatable bonds is 11. The van der Waals surface area contributed by atoms with Gasteiger partial charge in [-0.2, -0.15) is 0 Å². The Balaban J connectivity index is 1.46. The van der Waals surface area contributed by atoms with Gasteiger partial charge in [-0.05, 0) is 74.3 Å². The molecular formula is C37H49N3O5. The lowest BCUT2D eigenvalue weighted by Gasteiger charge is -2.46. The first kappa shape index (κ1) is 33.8. The summed E-state index contributed by atoms with van der Waals surface area (Å²) >= 11 is 0. The SMILES string of the molecule is CC(C)C[C@@H]1CN(C(=O)OCc2ccccc2)[C@@H](CCCCNC(=O)OC(C)(C)C)CN1C(=O)Cc1ccc2ccccc2c1. The highest BCUT2D eigenvalue weighted by Gasteiger charge is 2.39. The molecule has 0 radical (unpaired) electrons. The van der Waals surface area contributed by atoms with Crippen molar-refractivity contribution < 1.29 is 23.9 Å². The highest BCUT2D eigenvalue weighted by atomic mass is 16.6. The van der Waals surface area contributed by atoms with Gasteiger partial charge in [-0.15, -0.1) is 0 Å². The molecule has 1 saturated heterocycles. The van der Waals surface area contributed by atoms with Crippen LogP contribution in [0.15, 0.2) is 72.8 Å². The summed E-state index contributed by atoms with van der Waals surface area (Å²) in [6.07, 6.45) is 2.49. The van der Waals surface area contributed by atoms with Gasteiger partial charge in [0.15, 0.2) is 0 Å². The van der Waals surface area contributed by atoms with Crippen LogP contribution in [0.1, 0.15) is 71.4 Å². The Kier molecular flexibility index (Phi) is 11.9. The average Bonchev–Trinajstić information content (AvgIpc) is 2.99. The molecule has 8 heteroatoms. The third kappa shape index (κ3) is 10.5. The molecule has 1 heterocycles. The van der Waals surface area contributed by atoms with E-state index in [4.69, 9.17) is 9.47 Å². The molecular weight excluding hydrogens is 566 g/mol. The van der Waals surface area contributed by atoms with Crippen LogP contribution in [0.4, 0.5) is 9.59 Å². The number of hydrogen-bond acceptors (Lipinski definition) is 5. The first-order valence-electron chi connectivity index (χ1n) is 16.2. The molecule has 3 amide bonds. The zero-order valence-electron chi connectivity index (χ0n) is 27.5. The molecule has 1 fully saturated rings. The van der Waals surface area contributed by atoms with E-state index in [1.54, 1.807) is 0 Å². The van der Waals surface area contributed by atoms with E-state index >= 15 is 0 Å². The number of unbranched alkanes of at least 4 members (excludes halogenated alkanes) is 1. The number of nitrogens with one attached hydrogen (secondary N) is 1. The van der Waals surface area contributed by atoms with Crippen molar-refractivity contribution in [3.63, 3.8) is 0 Å². The monoisotopic (exact) mass is 615 g/mol. The van der Waals surface area contributed by atoms with E-state index in [0.717, 1.165) is 41.2 Å². The van der Waals surface area contributed by atoms with Crippen molar-refractivity contribution in [2.45, 2.75) is 91.0 Å². The van der Waals surface area contributed by atoms with Crippen LogP contribution in [0.25, 0.3) is 10.8 Å². The number of amides is 3. The van der Waals surface area contributed by atoms with E-state index in [2.05, 4.69) is 43.4 Å². The fourth-order valence-corrected chi connectivity index (χ4v) is 5.91. The Labute approximate surface area is 268 Å². The van der Waals surface area contributed by atoms with Gasteiger partial charge in [-0.25, -0.2) is 9.59 Å². The fraction of sp³-hybridized carbons (Fsp3) is 0.486. The van der Waals surface area contributed by atoms with Crippen molar-refractivity contribution in [1.82, 2.24) is 15.1 Å². The van der Waals surface area contributed by atoms with E-state index in [9.17, 15) is 14.4 Å². The third-order valence-corrected chi connectivity index (χ3v) is 8.00. The number of piperazine rings is 1. The molecule has 0 unspecified atom stereocenters. The van der Waals surface area contributed by atoms with Crippen LogP contribution < -0.4 is 5.32 Å². The number of nitrogens with zero attached hydrogens (tertiary/aromatic N) is 2. The van der Waals surface area contributed by atoms with Gasteiger partial charge in [0.25, 0.3) is 0 Å². The van der Waals surface area contributed by atoms with Gasteiger partial charge in [0, 0.05) is 25.7 Å². The van der Waals surface area contributed by atoms with E-state index < -0.39 is 11.7 Å². The summed E-state index contributed by atoms with van der Waals surface area (Å²) in [5.74, 6) is 0.425. The Bertz CT molecular complexity index is 1420. The van der Waals surface area contributed by atoms with Crippen LogP contribution in [0.3, 0.4) is 0 Å². The zero-order valence-corrected chi connectivity index (χ0v) is 27.5. The highest BCUT2D eigenvalue weighted by Crippen LogP contribution is 2.26. The summed E-state index contributed by atoms with van der Waals surface area (Å²) < 4.78 is 11.1. The molecule has 1 N–H and O–H groups in total. The number of fused-ring (bicyclic) bond motifs is 1. The normalized spacial score (nSPS) is 16.9. The number of carbonyl (C=O) groups excluding carboxylic acids is 3. The Morgan fingerprint density at radius 1 is 0.844 bits per heavy atom. The standard InChI is InChI=1S/C37H49N3O5/c1-27(2)21-33-25-40(36(43)44-26-28-13-7-6-8-14-28)32(17-11-12-20-38-35(42)45-37(3,4)5)24-39(33)34(41)23-29-18-19-30-15-9-10-16-31(30)22-29/h6-10,13-16,18-19,22,27,32-33H,11-12,17,20-21,23-26H2,1-5H3,(H,38,42)/t32-,33+/m0/s1. The minimum Gasteiger partial charge on any atom is -0.445 e. The van der Waals surface area contributed by atoms with E-state index in [-0.39, 0.29) is 30.7 Å². The average molecular weight is 616 g/mol. The second-order valence-corrected chi connectivity index (χ2v) is 13.5. The van der Waals surface area contributed by atoms with E-state index in [1.165, 1.54) is 0 Å². The van der Waals surface area contributed by atoms with E-state index in [1.807, 2.05) is 79.1 Å². The van der Waals surface area contributed by atoms with Gasteiger partial charge in [0.2, 0.25) is 5.91 Å². The summed E-state index contributed by atoms with van der Waals surface area (Å²) in [4.78, 5) is 43.4. The number of ether oxygens (including phenoxy) is 2. The molecule has 242 valence electrons. The number of benzene rings is 3. The van der Waals surface area contributed by atoms with Crippen LogP contribution >= 0.6 is 0 Å². The van der Waals surface area contributed by atoms with Crippen molar-refractivity contribution in [2.24, 2.45) is 5.92 Å². The Morgan fingerprint density at radius 3 is 2.24 bits per heavy atom. The second-order valence-electron chi connectivity index (χ2n) is 13.5. The molecule has 3 aromatic rings. The van der Waals surface area contributed by atoms with Gasteiger partial charge < -0.3 is 24.6 Å². The molecule has 0 spiro atoms. The maximum absolute atomic E-state index is 13.9. The maximum Gasteiger partial charge on any atom is 0.410 e.